The van der Waals surface area contributed by atoms with Crippen LogP contribution in [0.3, 0.4) is 0 Å². The molecule has 0 atom stereocenters. The van der Waals surface area contributed by atoms with Crippen LogP contribution >= 0.6 is 0 Å². The Balaban J connectivity index is 0.000000118. The molecule has 0 radical (unpaired) electrons. The van der Waals surface area contributed by atoms with E-state index in [4.69, 9.17) is 14.2 Å². The number of phenolic OH excluding ortho intramolecular Hbond substituents is 1. The number of methoxy groups -OCH3 is 1. The third kappa shape index (κ3) is 13.9. The summed E-state index contributed by atoms with van der Waals surface area (Å²) in [5, 5.41) is 15.1. The molecule has 19 nitrogen and oxygen atoms in total. The zero-order valence-corrected chi connectivity index (χ0v) is 63.9. The van der Waals surface area contributed by atoms with Gasteiger partial charge < -0.3 is 19.3 Å². The summed E-state index contributed by atoms with van der Waals surface area (Å²) >= 11 is 0. The highest BCUT2D eigenvalue weighted by Crippen LogP contribution is 2.45. The van der Waals surface area contributed by atoms with Crippen LogP contribution in [-0.4, -0.2) is 90.2 Å². The van der Waals surface area contributed by atoms with Crippen LogP contribution in [0.15, 0.2) is 303 Å². The highest BCUT2D eigenvalue weighted by atomic mass is 16.6. The van der Waals surface area contributed by atoms with Crippen LogP contribution < -0.4 is 29.1 Å². The lowest BCUT2D eigenvalue weighted by Crippen LogP contribution is -2.40. The molecule has 1 aliphatic carbocycles. The normalized spacial score (nSPS) is 13.9. The number of carbonyl (C=O) groups is 11. The maximum Gasteiger partial charge on any atom is 0.333 e. The smallest absolute Gasteiger partial charge is 0.333 e. The summed E-state index contributed by atoms with van der Waals surface area (Å²) in [5.41, 5.74) is 8.81. The van der Waals surface area contributed by atoms with Crippen molar-refractivity contribution in [3.63, 3.8) is 0 Å². The number of rotatable bonds is 15. The molecular formula is C99H72N4O15. The predicted octanol–water partition coefficient (Wildman–Crippen LogP) is 19.3. The first-order chi connectivity index (χ1) is 57.4. The van der Waals surface area contributed by atoms with Crippen molar-refractivity contribution >= 4 is 131 Å². The van der Waals surface area contributed by atoms with Crippen LogP contribution in [0.1, 0.15) is 165 Å². The molecular weight excluding hydrogens is 1490 g/mol. The van der Waals surface area contributed by atoms with E-state index in [9.17, 15) is 57.8 Å². The summed E-state index contributed by atoms with van der Waals surface area (Å²) in [6.07, 6.45) is 6.20. The SMILES string of the molecule is C=C(C)C(=O)OCCOc1ccc2c3c(ccc(OC)c13)C(=O)N(c1ccccc1)C2=O.O=C(c1ccccc1)c1ccc2c3c(cccc13)C(=O)N(c1ccccc1)C2=O.O=C(c1ccccc1O)c1ccc2c3c(cccc13)C(=O)N(c1ccccc1)C2=O.O=C1c2cccc3c(C4CCCCC4)ccc(c23)C(=O)N1c1ccccc1. The van der Waals surface area contributed by atoms with Crippen molar-refractivity contribution in [2.45, 2.75) is 44.9 Å². The molecule has 0 bridgehead atoms. The maximum atomic E-state index is 13.3. The van der Waals surface area contributed by atoms with Gasteiger partial charge in [-0.05, 0) is 181 Å². The second-order valence-electron chi connectivity index (χ2n) is 28.7. The average Bonchev–Trinajstić information content (AvgIpc) is 0.745. The fourth-order valence-corrected chi connectivity index (χ4v) is 16.1. The van der Waals surface area contributed by atoms with E-state index in [1.807, 2.05) is 72.8 Å². The standard InChI is InChI=1S/C25H21NO6.C25H15NO4.C25H15NO3.C24H21NO2/c1-15(2)25(29)32-14-13-31-20-12-10-18-21-17(9-11-19(30-3)22(20)21)23(27)26(24(18)28)16-7-5-4-6-8-16;27-21-12-5-4-9-18(21)23(28)17-13-14-20-22-16(17)10-6-11-19(22)24(29)26(25(20)30)15-7-2-1-3-8-15;27-23(16-8-3-1-4-9-16)19-14-15-21-22-18(19)12-7-13-20(22)24(28)26(25(21)29)17-10-5-2-6-11-17;26-23-20-13-7-12-19-18(16-8-3-1-4-9-16)14-15-21(22(19)20)24(27)25(23)17-10-5-2-6-11-17/h4-12H,1,13-14H2,2-3H3;1-14,27H;1-15H;2,5-7,10-16H,1,3-4,8-9H2. The Labute approximate surface area is 676 Å². The van der Waals surface area contributed by atoms with E-state index in [1.165, 1.54) is 65.5 Å². The quantitative estimate of drug-likeness (QED) is 0.0329. The van der Waals surface area contributed by atoms with Crippen molar-refractivity contribution in [2.24, 2.45) is 0 Å². The number of imide groups is 4. The molecule has 0 unspecified atom stereocenters. The van der Waals surface area contributed by atoms with Gasteiger partial charge in [0.1, 0.15) is 30.5 Å². The summed E-state index contributed by atoms with van der Waals surface area (Å²) in [6.45, 7) is 5.20. The van der Waals surface area contributed by atoms with Gasteiger partial charge in [0.2, 0.25) is 0 Å². The van der Waals surface area contributed by atoms with Gasteiger partial charge in [-0.15, -0.1) is 0 Å². The van der Waals surface area contributed by atoms with Crippen LogP contribution in [0.4, 0.5) is 22.7 Å². The van der Waals surface area contributed by atoms with Crippen LogP contribution in [0, 0.1) is 0 Å². The number of nitrogens with zero attached hydrogens (tertiary/aromatic N) is 4. The lowest BCUT2D eigenvalue weighted by atomic mass is 9.80. The molecule has 19 heteroatoms. The van der Waals surface area contributed by atoms with Crippen molar-refractivity contribution in [1.29, 1.82) is 0 Å². The molecule has 14 aromatic rings. The molecule has 0 saturated heterocycles. The molecule has 19 rings (SSSR count). The van der Waals surface area contributed by atoms with Gasteiger partial charge in [-0.25, -0.2) is 24.4 Å². The van der Waals surface area contributed by atoms with Gasteiger partial charge in [0.15, 0.2) is 11.6 Å². The molecule has 1 saturated carbocycles. The number of amides is 8. The molecule has 1 N–H and O–H groups in total. The number of benzene rings is 14. The van der Waals surface area contributed by atoms with Gasteiger partial charge in [-0.3, -0.25) is 47.9 Å². The van der Waals surface area contributed by atoms with Crippen molar-refractivity contribution in [3.8, 4) is 17.2 Å². The molecule has 0 aromatic heterocycles. The lowest BCUT2D eigenvalue weighted by Gasteiger charge is -2.29. The van der Waals surface area contributed by atoms with Crippen LogP contribution in [0.2, 0.25) is 0 Å². The minimum Gasteiger partial charge on any atom is -0.507 e. The lowest BCUT2D eigenvalue weighted by molar-refractivity contribution is -0.139. The van der Waals surface area contributed by atoms with Crippen molar-refractivity contribution in [3.05, 3.63) is 376 Å². The van der Waals surface area contributed by atoms with Gasteiger partial charge in [-0.2, -0.15) is 0 Å². The van der Waals surface area contributed by atoms with Crippen LogP contribution in [0.5, 0.6) is 17.2 Å². The topological polar surface area (TPSA) is 249 Å². The van der Waals surface area contributed by atoms with Crippen molar-refractivity contribution < 1.29 is 72.1 Å². The second kappa shape index (κ2) is 32.6. The van der Waals surface area contributed by atoms with E-state index in [-0.39, 0.29) is 59.7 Å². The summed E-state index contributed by atoms with van der Waals surface area (Å²) in [6, 6.07) is 84.2. The third-order valence-electron chi connectivity index (χ3n) is 21.6. The number of hydrogen-bond acceptors (Lipinski definition) is 15. The van der Waals surface area contributed by atoms with E-state index < -0.39 is 29.6 Å². The molecule has 4 heterocycles. The fourth-order valence-electron chi connectivity index (χ4n) is 16.1. The zero-order valence-electron chi connectivity index (χ0n) is 63.9. The molecule has 1 fully saturated rings. The maximum absolute atomic E-state index is 13.3. The zero-order chi connectivity index (χ0) is 82.0. The average molecular weight is 1560 g/mol. The predicted molar refractivity (Wildman–Crippen MR) is 451 cm³/mol. The summed E-state index contributed by atoms with van der Waals surface area (Å²) in [7, 11) is 1.51. The molecule has 118 heavy (non-hydrogen) atoms. The van der Waals surface area contributed by atoms with Gasteiger partial charge in [0.05, 0.1) is 40.8 Å². The Kier molecular flexibility index (Phi) is 21.2. The van der Waals surface area contributed by atoms with E-state index in [2.05, 4.69) is 18.7 Å². The van der Waals surface area contributed by atoms with Gasteiger partial charge in [0.25, 0.3) is 47.3 Å². The summed E-state index contributed by atoms with van der Waals surface area (Å²) < 4.78 is 16.4. The molecule has 0 spiro atoms. The summed E-state index contributed by atoms with van der Waals surface area (Å²) in [4.78, 5) is 148. The number of anilines is 4. The fraction of sp³-hybridized carbons (Fsp3) is 0.101. The number of ether oxygens (including phenoxy) is 3. The number of para-hydroxylation sites is 5. The van der Waals surface area contributed by atoms with Crippen molar-refractivity contribution in [2.75, 3.05) is 39.9 Å². The van der Waals surface area contributed by atoms with E-state index >= 15 is 0 Å². The number of phenols is 1. The monoisotopic (exact) mass is 1560 g/mol. The van der Waals surface area contributed by atoms with E-state index in [1.54, 1.807) is 207 Å². The minimum absolute atomic E-state index is 0.0244. The number of ketones is 2. The molecule has 8 amide bonds. The van der Waals surface area contributed by atoms with Gasteiger partial charge >= 0.3 is 5.97 Å². The number of aromatic hydroxyl groups is 1. The second-order valence-corrected chi connectivity index (χ2v) is 28.7. The molecule has 578 valence electrons. The molecule has 14 aromatic carbocycles. The van der Waals surface area contributed by atoms with Crippen LogP contribution in [0.25, 0.3) is 43.1 Å². The molecule has 4 aliphatic heterocycles. The Hall–Kier alpha value is -15.4. The van der Waals surface area contributed by atoms with Crippen molar-refractivity contribution in [1.82, 2.24) is 0 Å². The number of hydrogen-bond donors (Lipinski definition) is 1. The Bertz CT molecular complexity index is 6430. The first kappa shape index (κ1) is 76.6. The van der Waals surface area contributed by atoms with Crippen LogP contribution in [-0.2, 0) is 9.53 Å². The summed E-state index contributed by atoms with van der Waals surface area (Å²) in [5.74, 6) is -2.66. The largest absolute Gasteiger partial charge is 0.507 e. The first-order valence-corrected chi connectivity index (χ1v) is 38.4. The first-order valence-electron chi connectivity index (χ1n) is 38.4. The number of esters is 1. The highest BCUT2D eigenvalue weighted by Gasteiger charge is 2.40. The Morgan fingerprint density at radius 3 is 1.13 bits per heavy atom. The Morgan fingerprint density at radius 1 is 0.347 bits per heavy atom. The third-order valence-corrected chi connectivity index (χ3v) is 21.6. The highest BCUT2D eigenvalue weighted by molar-refractivity contribution is 6.40. The molecule has 5 aliphatic rings. The van der Waals surface area contributed by atoms with Gasteiger partial charge in [0, 0.05) is 88.3 Å². The van der Waals surface area contributed by atoms with E-state index in [0.29, 0.717) is 139 Å². The minimum atomic E-state index is -0.500. The number of carbonyl (C=O) groups excluding carboxylic acids is 11. The van der Waals surface area contributed by atoms with Gasteiger partial charge in [-0.1, -0.05) is 184 Å². The Morgan fingerprint density at radius 2 is 0.703 bits per heavy atom. The van der Waals surface area contributed by atoms with E-state index in [0.717, 1.165) is 15.7 Å².